The molecule has 0 atom stereocenters. The molecule has 1 amide bonds. The number of esters is 1. The summed E-state index contributed by atoms with van der Waals surface area (Å²) in [4.78, 5) is 23.4. The summed E-state index contributed by atoms with van der Waals surface area (Å²) in [5.74, 6) is -0.582. The molecule has 2 aromatic rings. The highest BCUT2D eigenvalue weighted by Gasteiger charge is 2.10. The Morgan fingerprint density at radius 3 is 2.30 bits per heavy atom. The number of carbonyl (C=O) groups excluding carboxylic acids is 2. The maximum absolute atomic E-state index is 12.1. The van der Waals surface area contributed by atoms with Crippen LogP contribution in [0.15, 0.2) is 48.5 Å². The Hall–Kier alpha value is -1.89. The molecule has 1 N–H and O–H groups in total. The molecule has 0 aliphatic heterocycles. The fraction of sp³-hybridized carbons (Fsp3) is 0.0667. The molecule has 2 aromatic carbocycles. The molecule has 4 nitrogen and oxygen atoms in total. The van der Waals surface area contributed by atoms with Crippen LogP contribution >= 0.6 is 22.6 Å². The molecule has 0 radical (unpaired) electrons. The van der Waals surface area contributed by atoms with Gasteiger partial charge in [0.05, 0.1) is 18.2 Å². The van der Waals surface area contributed by atoms with Gasteiger partial charge in [0, 0.05) is 9.26 Å². The lowest BCUT2D eigenvalue weighted by molar-refractivity contribution is 0.0600. The molecule has 0 saturated carbocycles. The van der Waals surface area contributed by atoms with Crippen molar-refractivity contribution in [3.8, 4) is 0 Å². The molecular formula is C15H12INO3. The van der Waals surface area contributed by atoms with Gasteiger partial charge < -0.3 is 10.1 Å². The summed E-state index contributed by atoms with van der Waals surface area (Å²) in [6, 6.07) is 13.9. The second-order valence-electron chi connectivity index (χ2n) is 4.00. The average molecular weight is 381 g/mol. The number of nitrogens with one attached hydrogen (secondary N) is 1. The van der Waals surface area contributed by atoms with E-state index < -0.39 is 5.97 Å². The Balaban J connectivity index is 2.13. The summed E-state index contributed by atoms with van der Waals surface area (Å²) in [5, 5.41) is 2.79. The summed E-state index contributed by atoms with van der Waals surface area (Å²) >= 11 is 2.12. The number of amides is 1. The van der Waals surface area contributed by atoms with Crippen LogP contribution in [-0.4, -0.2) is 19.0 Å². The number of methoxy groups -OCH3 is 1. The third kappa shape index (κ3) is 3.36. The monoisotopic (exact) mass is 381 g/mol. The maximum Gasteiger partial charge on any atom is 0.337 e. The van der Waals surface area contributed by atoms with E-state index in [1.165, 1.54) is 7.11 Å². The molecular weight excluding hydrogens is 369 g/mol. The van der Waals surface area contributed by atoms with Gasteiger partial charge in [0.2, 0.25) is 0 Å². The van der Waals surface area contributed by atoms with Gasteiger partial charge in [-0.15, -0.1) is 0 Å². The second kappa shape index (κ2) is 6.51. The van der Waals surface area contributed by atoms with Gasteiger partial charge >= 0.3 is 5.97 Å². The second-order valence-corrected chi connectivity index (χ2v) is 5.17. The molecule has 0 aromatic heterocycles. The standard InChI is InChI=1S/C15H12INO3/c1-20-15(19)10-6-8-11(9-7-10)17-14(18)12-4-2-3-5-13(12)16/h2-9H,1H3,(H,17,18). The SMILES string of the molecule is COC(=O)c1ccc(NC(=O)c2ccccc2I)cc1. The minimum absolute atomic E-state index is 0.180. The zero-order chi connectivity index (χ0) is 14.5. The molecule has 20 heavy (non-hydrogen) atoms. The van der Waals surface area contributed by atoms with E-state index in [9.17, 15) is 9.59 Å². The van der Waals surface area contributed by atoms with Gasteiger partial charge in [-0.1, -0.05) is 12.1 Å². The molecule has 102 valence electrons. The summed E-state index contributed by atoms with van der Waals surface area (Å²) in [6.07, 6.45) is 0. The largest absolute Gasteiger partial charge is 0.465 e. The minimum atomic E-state index is -0.402. The van der Waals surface area contributed by atoms with Gasteiger partial charge in [-0.05, 0) is 59.0 Å². The Morgan fingerprint density at radius 2 is 1.70 bits per heavy atom. The molecule has 5 heteroatoms. The van der Waals surface area contributed by atoms with Gasteiger partial charge in [-0.3, -0.25) is 4.79 Å². The Kier molecular flexibility index (Phi) is 4.73. The molecule has 0 bridgehead atoms. The number of benzene rings is 2. The van der Waals surface area contributed by atoms with Gasteiger partial charge in [0.1, 0.15) is 0 Å². The number of carbonyl (C=O) groups is 2. The van der Waals surface area contributed by atoms with Crippen molar-refractivity contribution >= 4 is 40.2 Å². The van der Waals surface area contributed by atoms with Crippen LogP contribution in [0.4, 0.5) is 5.69 Å². The molecule has 0 saturated heterocycles. The van der Waals surface area contributed by atoms with Crippen LogP contribution in [0.1, 0.15) is 20.7 Å². The predicted octanol–water partition coefficient (Wildman–Crippen LogP) is 3.33. The zero-order valence-corrected chi connectivity index (χ0v) is 12.9. The smallest absolute Gasteiger partial charge is 0.337 e. The summed E-state index contributed by atoms with van der Waals surface area (Å²) < 4.78 is 5.50. The van der Waals surface area contributed by atoms with Gasteiger partial charge in [-0.2, -0.15) is 0 Å². The van der Waals surface area contributed by atoms with E-state index in [1.807, 2.05) is 18.2 Å². The van der Waals surface area contributed by atoms with E-state index in [1.54, 1.807) is 30.3 Å². The Morgan fingerprint density at radius 1 is 1.05 bits per heavy atom. The first-order valence-corrected chi connectivity index (χ1v) is 6.94. The number of rotatable bonds is 3. The van der Waals surface area contributed by atoms with E-state index in [0.29, 0.717) is 16.8 Å². The lowest BCUT2D eigenvalue weighted by atomic mass is 10.2. The lowest BCUT2D eigenvalue weighted by Crippen LogP contribution is -2.13. The van der Waals surface area contributed by atoms with Gasteiger partial charge in [-0.25, -0.2) is 4.79 Å². The quantitative estimate of drug-likeness (QED) is 0.656. The molecule has 0 fully saturated rings. The third-order valence-electron chi connectivity index (χ3n) is 2.68. The first-order valence-electron chi connectivity index (χ1n) is 5.86. The summed E-state index contributed by atoms with van der Waals surface area (Å²) in [7, 11) is 1.33. The van der Waals surface area contributed by atoms with E-state index in [2.05, 4.69) is 32.6 Å². The van der Waals surface area contributed by atoms with Crippen molar-refractivity contribution < 1.29 is 14.3 Å². The van der Waals surface area contributed by atoms with Gasteiger partial charge in [0.15, 0.2) is 0 Å². The topological polar surface area (TPSA) is 55.4 Å². The fourth-order valence-electron chi connectivity index (χ4n) is 1.65. The number of anilines is 1. The van der Waals surface area contributed by atoms with Crippen LogP contribution in [0.25, 0.3) is 0 Å². The molecule has 0 spiro atoms. The first-order chi connectivity index (χ1) is 9.61. The van der Waals surface area contributed by atoms with Crippen molar-refractivity contribution in [1.29, 1.82) is 0 Å². The van der Waals surface area contributed by atoms with Crippen molar-refractivity contribution in [1.82, 2.24) is 0 Å². The molecule has 2 rings (SSSR count). The summed E-state index contributed by atoms with van der Waals surface area (Å²) in [5.41, 5.74) is 1.69. The molecule has 0 unspecified atom stereocenters. The van der Waals surface area contributed by atoms with Crippen molar-refractivity contribution in [3.05, 3.63) is 63.2 Å². The van der Waals surface area contributed by atoms with Crippen molar-refractivity contribution in [2.75, 3.05) is 12.4 Å². The van der Waals surface area contributed by atoms with Crippen LogP contribution in [0.3, 0.4) is 0 Å². The number of hydrogen-bond donors (Lipinski definition) is 1. The Bertz CT molecular complexity index is 638. The third-order valence-corrected chi connectivity index (χ3v) is 3.62. The average Bonchev–Trinajstić information content (AvgIpc) is 2.47. The highest BCUT2D eigenvalue weighted by atomic mass is 127. The Labute approximate surface area is 130 Å². The number of ether oxygens (including phenoxy) is 1. The van der Waals surface area contributed by atoms with Crippen molar-refractivity contribution in [2.45, 2.75) is 0 Å². The van der Waals surface area contributed by atoms with Crippen LogP contribution in [0.5, 0.6) is 0 Å². The van der Waals surface area contributed by atoms with Crippen LogP contribution in [0.2, 0.25) is 0 Å². The van der Waals surface area contributed by atoms with E-state index in [4.69, 9.17) is 0 Å². The molecule has 0 aliphatic carbocycles. The van der Waals surface area contributed by atoms with Crippen molar-refractivity contribution in [2.24, 2.45) is 0 Å². The van der Waals surface area contributed by atoms with Gasteiger partial charge in [0.25, 0.3) is 5.91 Å². The fourth-order valence-corrected chi connectivity index (χ4v) is 2.28. The highest BCUT2D eigenvalue weighted by molar-refractivity contribution is 14.1. The van der Waals surface area contributed by atoms with Crippen LogP contribution < -0.4 is 5.32 Å². The van der Waals surface area contributed by atoms with E-state index in [-0.39, 0.29) is 5.91 Å². The van der Waals surface area contributed by atoms with Crippen LogP contribution in [-0.2, 0) is 4.74 Å². The maximum atomic E-state index is 12.1. The normalized spacial score (nSPS) is 9.90. The zero-order valence-electron chi connectivity index (χ0n) is 10.7. The lowest BCUT2D eigenvalue weighted by Gasteiger charge is -2.07. The summed E-state index contributed by atoms with van der Waals surface area (Å²) in [6.45, 7) is 0. The molecule has 0 aliphatic rings. The number of hydrogen-bond acceptors (Lipinski definition) is 3. The predicted molar refractivity (Wildman–Crippen MR) is 84.9 cm³/mol. The van der Waals surface area contributed by atoms with Crippen LogP contribution in [0, 0.1) is 3.57 Å². The molecule has 0 heterocycles. The van der Waals surface area contributed by atoms with Crippen molar-refractivity contribution in [3.63, 3.8) is 0 Å². The highest BCUT2D eigenvalue weighted by Crippen LogP contribution is 2.15. The minimum Gasteiger partial charge on any atom is -0.465 e. The van der Waals surface area contributed by atoms with E-state index in [0.717, 1.165) is 3.57 Å². The number of halogens is 1. The van der Waals surface area contributed by atoms with E-state index >= 15 is 0 Å². The first kappa shape index (κ1) is 14.5.